The highest BCUT2D eigenvalue weighted by molar-refractivity contribution is 6.30. The first-order valence-electron chi connectivity index (χ1n) is 7.44. The van der Waals surface area contributed by atoms with Crippen molar-refractivity contribution < 1.29 is 4.39 Å². The van der Waals surface area contributed by atoms with Crippen molar-refractivity contribution in [3.05, 3.63) is 70.0 Å². The van der Waals surface area contributed by atoms with E-state index in [1.54, 1.807) is 12.1 Å². The highest BCUT2D eigenvalue weighted by Gasteiger charge is 2.32. The van der Waals surface area contributed by atoms with Crippen LogP contribution in [0.2, 0.25) is 5.02 Å². The lowest BCUT2D eigenvalue weighted by molar-refractivity contribution is 0.400. The second-order valence-corrected chi connectivity index (χ2v) is 6.05. The van der Waals surface area contributed by atoms with Crippen LogP contribution in [0.5, 0.6) is 0 Å². The van der Waals surface area contributed by atoms with Crippen molar-refractivity contribution in [1.82, 2.24) is 5.32 Å². The lowest BCUT2D eigenvalue weighted by Crippen LogP contribution is -2.41. The molecule has 2 aromatic carbocycles. The zero-order valence-electron chi connectivity index (χ0n) is 12.1. The van der Waals surface area contributed by atoms with E-state index >= 15 is 0 Å². The molecular formula is C18H19ClFN. The van der Waals surface area contributed by atoms with Gasteiger partial charge in [-0.3, -0.25) is 0 Å². The highest BCUT2D eigenvalue weighted by atomic mass is 35.5. The molecule has 0 saturated heterocycles. The maximum Gasteiger partial charge on any atom is 0.127 e. The summed E-state index contributed by atoms with van der Waals surface area (Å²) in [5, 5.41) is 3.97. The molecule has 1 aliphatic rings. The molecule has 110 valence electrons. The van der Waals surface area contributed by atoms with Crippen LogP contribution < -0.4 is 5.32 Å². The van der Waals surface area contributed by atoms with E-state index in [1.807, 2.05) is 0 Å². The Labute approximate surface area is 130 Å². The summed E-state index contributed by atoms with van der Waals surface area (Å²) in [5.74, 6) is 0.259. The van der Waals surface area contributed by atoms with Crippen LogP contribution in [-0.2, 0) is 12.8 Å². The highest BCUT2D eigenvalue weighted by Crippen LogP contribution is 2.38. The van der Waals surface area contributed by atoms with E-state index < -0.39 is 0 Å². The number of hydrogen-bond donors (Lipinski definition) is 1. The molecule has 21 heavy (non-hydrogen) atoms. The summed E-state index contributed by atoms with van der Waals surface area (Å²) in [4.78, 5) is 0. The second kappa shape index (κ2) is 6.17. The summed E-state index contributed by atoms with van der Waals surface area (Å²) in [6.45, 7) is 2.98. The summed E-state index contributed by atoms with van der Waals surface area (Å²) < 4.78 is 14.0. The molecule has 3 rings (SSSR count). The van der Waals surface area contributed by atoms with Gasteiger partial charge in [0, 0.05) is 17.0 Å². The molecule has 1 N–H and O–H groups in total. The monoisotopic (exact) mass is 303 g/mol. The Morgan fingerprint density at radius 1 is 1.29 bits per heavy atom. The van der Waals surface area contributed by atoms with Crippen molar-refractivity contribution in [2.24, 2.45) is 0 Å². The van der Waals surface area contributed by atoms with Crippen LogP contribution in [0.4, 0.5) is 4.39 Å². The second-order valence-electron chi connectivity index (χ2n) is 5.61. The van der Waals surface area contributed by atoms with Crippen molar-refractivity contribution in [2.75, 3.05) is 6.54 Å². The van der Waals surface area contributed by atoms with Gasteiger partial charge in [-0.15, -0.1) is 0 Å². The van der Waals surface area contributed by atoms with Crippen LogP contribution in [0, 0.1) is 5.82 Å². The molecule has 0 amide bonds. The van der Waals surface area contributed by atoms with E-state index in [0.717, 1.165) is 18.5 Å². The van der Waals surface area contributed by atoms with Gasteiger partial charge in [-0.1, -0.05) is 48.9 Å². The Morgan fingerprint density at radius 3 is 2.81 bits per heavy atom. The molecule has 0 heterocycles. The van der Waals surface area contributed by atoms with E-state index in [9.17, 15) is 4.39 Å². The van der Waals surface area contributed by atoms with Crippen LogP contribution in [0.3, 0.4) is 0 Å². The smallest absolute Gasteiger partial charge is 0.127 e. The molecule has 0 spiro atoms. The predicted octanol–water partition coefficient (Wildman–Crippen LogP) is 4.34. The Kier molecular flexibility index (Phi) is 4.27. The Balaban J connectivity index is 1.80. The van der Waals surface area contributed by atoms with Crippen LogP contribution in [0.25, 0.3) is 0 Å². The van der Waals surface area contributed by atoms with Gasteiger partial charge in [0.15, 0.2) is 0 Å². The van der Waals surface area contributed by atoms with E-state index in [0.29, 0.717) is 17.4 Å². The zero-order chi connectivity index (χ0) is 14.8. The third-order valence-corrected chi connectivity index (χ3v) is 4.54. The minimum atomic E-state index is -0.210. The Hall–Kier alpha value is -1.38. The van der Waals surface area contributed by atoms with Gasteiger partial charge < -0.3 is 5.32 Å². The molecule has 2 atom stereocenters. The number of hydrogen-bond acceptors (Lipinski definition) is 1. The molecule has 0 aromatic heterocycles. The molecule has 0 saturated carbocycles. The maximum absolute atomic E-state index is 14.0. The molecular weight excluding hydrogens is 285 g/mol. The van der Waals surface area contributed by atoms with E-state index in [2.05, 4.69) is 36.5 Å². The predicted molar refractivity (Wildman–Crippen MR) is 85.5 cm³/mol. The standard InChI is InChI=1S/C18H19ClFN/c1-2-21-18(10-13-7-8-14(19)11-17(13)20)16-9-12-5-3-4-6-15(12)16/h3-8,11,16,18,21H,2,9-10H2,1H3. The third-order valence-electron chi connectivity index (χ3n) is 4.30. The minimum Gasteiger partial charge on any atom is -0.313 e. The van der Waals surface area contributed by atoms with Gasteiger partial charge in [-0.2, -0.15) is 0 Å². The normalized spacial score (nSPS) is 18.0. The number of halogens is 2. The number of benzene rings is 2. The molecule has 1 nitrogen and oxygen atoms in total. The molecule has 0 bridgehead atoms. The Morgan fingerprint density at radius 2 is 2.10 bits per heavy atom. The minimum absolute atomic E-state index is 0.210. The van der Waals surface area contributed by atoms with E-state index in [1.165, 1.54) is 17.2 Å². The van der Waals surface area contributed by atoms with Gasteiger partial charge in [0.2, 0.25) is 0 Å². The van der Waals surface area contributed by atoms with E-state index in [-0.39, 0.29) is 11.9 Å². The fourth-order valence-corrected chi connectivity index (χ4v) is 3.36. The van der Waals surface area contributed by atoms with Crippen molar-refractivity contribution in [1.29, 1.82) is 0 Å². The van der Waals surface area contributed by atoms with Crippen LogP contribution in [0.15, 0.2) is 42.5 Å². The van der Waals surface area contributed by atoms with Crippen molar-refractivity contribution in [3.8, 4) is 0 Å². The summed E-state index contributed by atoms with van der Waals surface area (Å²) in [6, 6.07) is 13.7. The van der Waals surface area contributed by atoms with Crippen molar-refractivity contribution >= 4 is 11.6 Å². The lowest BCUT2D eigenvalue weighted by atomic mass is 9.72. The number of likely N-dealkylation sites (N-methyl/N-ethyl adjacent to an activating group) is 1. The summed E-state index contributed by atoms with van der Waals surface area (Å²) in [7, 11) is 0. The van der Waals surface area contributed by atoms with Gasteiger partial charge >= 0.3 is 0 Å². The summed E-state index contributed by atoms with van der Waals surface area (Å²) in [6.07, 6.45) is 1.76. The fourth-order valence-electron chi connectivity index (χ4n) is 3.20. The summed E-state index contributed by atoms with van der Waals surface area (Å²) in [5.41, 5.74) is 3.55. The van der Waals surface area contributed by atoms with Crippen LogP contribution in [0.1, 0.15) is 29.5 Å². The van der Waals surface area contributed by atoms with Gasteiger partial charge in [-0.25, -0.2) is 4.39 Å². The first-order chi connectivity index (χ1) is 10.2. The SMILES string of the molecule is CCNC(Cc1ccc(Cl)cc1F)C1Cc2ccccc21. The quantitative estimate of drug-likeness (QED) is 0.866. The van der Waals surface area contributed by atoms with E-state index in [4.69, 9.17) is 11.6 Å². The lowest BCUT2D eigenvalue weighted by Gasteiger charge is -2.37. The first-order valence-corrected chi connectivity index (χ1v) is 7.82. The number of rotatable bonds is 5. The largest absolute Gasteiger partial charge is 0.313 e. The zero-order valence-corrected chi connectivity index (χ0v) is 12.8. The van der Waals surface area contributed by atoms with Crippen molar-refractivity contribution in [3.63, 3.8) is 0 Å². The Bertz CT molecular complexity index is 641. The summed E-state index contributed by atoms with van der Waals surface area (Å²) >= 11 is 5.83. The fraction of sp³-hybridized carbons (Fsp3) is 0.333. The average Bonchev–Trinajstić information content (AvgIpc) is 2.43. The number of nitrogens with one attached hydrogen (secondary N) is 1. The van der Waals surface area contributed by atoms with Gasteiger partial charge in [-0.05, 0) is 48.2 Å². The van der Waals surface area contributed by atoms with Gasteiger partial charge in [0.25, 0.3) is 0 Å². The van der Waals surface area contributed by atoms with Gasteiger partial charge in [0.1, 0.15) is 5.82 Å². The molecule has 0 fully saturated rings. The third kappa shape index (κ3) is 2.97. The first kappa shape index (κ1) is 14.6. The van der Waals surface area contributed by atoms with Crippen LogP contribution in [-0.4, -0.2) is 12.6 Å². The number of fused-ring (bicyclic) bond motifs is 1. The van der Waals surface area contributed by atoms with Crippen LogP contribution >= 0.6 is 11.6 Å². The molecule has 3 heteroatoms. The van der Waals surface area contributed by atoms with Gasteiger partial charge in [0.05, 0.1) is 0 Å². The maximum atomic E-state index is 14.0. The topological polar surface area (TPSA) is 12.0 Å². The average molecular weight is 304 g/mol. The van der Waals surface area contributed by atoms with Crippen molar-refractivity contribution in [2.45, 2.75) is 31.7 Å². The molecule has 1 aliphatic carbocycles. The molecule has 2 unspecified atom stereocenters. The molecule has 0 aliphatic heterocycles. The molecule has 2 aromatic rings. The molecule has 0 radical (unpaired) electrons.